The van der Waals surface area contributed by atoms with Crippen LogP contribution in [0.4, 0.5) is 0 Å². The van der Waals surface area contributed by atoms with Crippen molar-refractivity contribution in [1.29, 1.82) is 0 Å². The Kier molecular flexibility index (Phi) is 5.68. The molecule has 4 heterocycles. The van der Waals surface area contributed by atoms with Crippen LogP contribution in [0.15, 0.2) is 140 Å². The molecular weight excluding hydrogens is 595 g/mol. The summed E-state index contributed by atoms with van der Waals surface area (Å²) in [4.78, 5) is 7.51. The van der Waals surface area contributed by atoms with Crippen molar-refractivity contribution in [2.75, 3.05) is 0 Å². The van der Waals surface area contributed by atoms with Gasteiger partial charge in [-0.25, -0.2) is 0 Å². The molecule has 47 heavy (non-hydrogen) atoms. The predicted molar refractivity (Wildman–Crippen MR) is 196 cm³/mol. The zero-order chi connectivity index (χ0) is 30.9. The minimum absolute atomic E-state index is 0.763. The van der Waals surface area contributed by atoms with Crippen LogP contribution in [-0.4, -0.2) is 25.4 Å². The second kappa shape index (κ2) is 10.2. The fourth-order valence-electron chi connectivity index (χ4n) is 7.14. The number of nitrogens with zero attached hydrogens (tertiary/aromatic N) is 3. The normalized spacial score (nSPS) is 11.8. The number of aromatic nitrogens is 5. The average molecular weight is 620 g/mol. The number of H-pyrrole nitrogens is 2. The van der Waals surface area contributed by atoms with Crippen molar-refractivity contribution >= 4 is 64.2 Å². The summed E-state index contributed by atoms with van der Waals surface area (Å²) in [7, 11) is 0. The predicted octanol–water partition coefficient (Wildman–Crippen LogP) is 11.0. The fourth-order valence-corrected chi connectivity index (χ4v) is 8.25. The topological polar surface area (TPSA) is 70.2 Å². The third-order valence-electron chi connectivity index (χ3n) is 9.23. The molecule has 2 N–H and O–H groups in total. The Balaban J connectivity index is 1.27. The highest BCUT2D eigenvalue weighted by Crippen LogP contribution is 2.45. The van der Waals surface area contributed by atoms with Crippen LogP contribution in [0, 0.1) is 0 Å². The van der Waals surface area contributed by atoms with Crippen LogP contribution < -0.4 is 0 Å². The number of hydrogen-bond donors (Lipinski definition) is 2. The van der Waals surface area contributed by atoms with Gasteiger partial charge in [0.2, 0.25) is 0 Å². The van der Waals surface area contributed by atoms with Crippen LogP contribution in [0.1, 0.15) is 0 Å². The van der Waals surface area contributed by atoms with Gasteiger partial charge in [0.05, 0.1) is 16.7 Å². The van der Waals surface area contributed by atoms with E-state index in [0.29, 0.717) is 0 Å². The molecule has 4 aromatic heterocycles. The third-order valence-corrected chi connectivity index (χ3v) is 10.4. The second-order valence-electron chi connectivity index (χ2n) is 11.9. The number of benzene rings is 6. The SMILES string of the molecule is c1ccc(-c2nnnc(-c3cc4ccc5sc6ccccc6c5c4[nH]3)c2-c2ccccc2-c2cccc3c2[nH]c2ccccc23)cc1. The average Bonchev–Trinajstić information content (AvgIpc) is 3.85. The molecule has 0 amide bonds. The number of aromatic amines is 2. The van der Waals surface area contributed by atoms with Crippen LogP contribution in [0.25, 0.3) is 97.8 Å². The molecule has 0 saturated heterocycles. The van der Waals surface area contributed by atoms with E-state index in [1.807, 2.05) is 29.5 Å². The number of hydrogen-bond acceptors (Lipinski definition) is 4. The van der Waals surface area contributed by atoms with Crippen molar-refractivity contribution in [2.24, 2.45) is 0 Å². The minimum Gasteiger partial charge on any atom is -0.354 e. The molecule has 0 unspecified atom stereocenters. The Morgan fingerprint density at radius 1 is 0.489 bits per heavy atom. The summed E-state index contributed by atoms with van der Waals surface area (Å²) in [6.07, 6.45) is 0. The van der Waals surface area contributed by atoms with E-state index >= 15 is 0 Å². The summed E-state index contributed by atoms with van der Waals surface area (Å²) >= 11 is 1.82. The summed E-state index contributed by atoms with van der Waals surface area (Å²) in [6.45, 7) is 0. The number of nitrogens with one attached hydrogen (secondary N) is 2. The van der Waals surface area contributed by atoms with E-state index in [-0.39, 0.29) is 0 Å². The molecule has 220 valence electrons. The van der Waals surface area contributed by atoms with Crippen LogP contribution in [0.5, 0.6) is 0 Å². The van der Waals surface area contributed by atoms with Crippen LogP contribution >= 0.6 is 11.3 Å². The van der Waals surface area contributed by atoms with Gasteiger partial charge in [-0.3, -0.25) is 0 Å². The Labute approximate surface area is 273 Å². The maximum Gasteiger partial charge on any atom is 0.121 e. The molecule has 0 bridgehead atoms. The number of fused-ring (bicyclic) bond motifs is 8. The van der Waals surface area contributed by atoms with E-state index in [2.05, 4.69) is 137 Å². The monoisotopic (exact) mass is 619 g/mol. The number of rotatable bonds is 4. The molecular formula is C41H25N5S. The quantitative estimate of drug-likeness (QED) is 0.206. The van der Waals surface area contributed by atoms with Gasteiger partial charge in [-0.1, -0.05) is 115 Å². The lowest BCUT2D eigenvalue weighted by Gasteiger charge is -2.16. The van der Waals surface area contributed by atoms with Crippen molar-refractivity contribution in [3.8, 4) is 44.9 Å². The zero-order valence-corrected chi connectivity index (χ0v) is 25.8. The molecule has 0 saturated carbocycles. The highest BCUT2D eigenvalue weighted by Gasteiger charge is 2.23. The molecule has 0 fully saturated rings. The van der Waals surface area contributed by atoms with Gasteiger partial charge in [0, 0.05) is 58.5 Å². The van der Waals surface area contributed by atoms with E-state index in [9.17, 15) is 0 Å². The lowest BCUT2D eigenvalue weighted by molar-refractivity contribution is 0.877. The van der Waals surface area contributed by atoms with Gasteiger partial charge in [-0.15, -0.1) is 21.5 Å². The van der Waals surface area contributed by atoms with E-state index in [1.165, 1.54) is 30.9 Å². The fraction of sp³-hybridized carbons (Fsp3) is 0. The lowest BCUT2D eigenvalue weighted by Crippen LogP contribution is -2.01. The Morgan fingerprint density at radius 2 is 1.21 bits per heavy atom. The molecule has 0 atom stereocenters. The van der Waals surface area contributed by atoms with E-state index in [0.717, 1.165) is 66.8 Å². The van der Waals surface area contributed by atoms with Crippen LogP contribution in [-0.2, 0) is 0 Å². The standard InChI is InChI=1S/C41H25N5S/c1-2-11-24(12-3-1)39-37(28-15-5-4-13-26(28)29-17-10-18-30-27-14-6-8-19-32(27)42-40(29)30)41(45-46-44-39)33-23-25-21-22-35-36(38(25)43-33)31-16-7-9-20-34(31)47-35/h1-23,42-43H. The molecule has 10 aromatic rings. The van der Waals surface area contributed by atoms with Gasteiger partial charge in [-0.2, -0.15) is 0 Å². The van der Waals surface area contributed by atoms with Gasteiger partial charge in [0.25, 0.3) is 0 Å². The first kappa shape index (κ1) is 26.1. The van der Waals surface area contributed by atoms with Gasteiger partial charge in [-0.05, 0) is 40.6 Å². The van der Waals surface area contributed by atoms with Crippen LogP contribution in [0.3, 0.4) is 0 Å². The molecule has 10 rings (SSSR count). The van der Waals surface area contributed by atoms with E-state index < -0.39 is 0 Å². The molecule has 6 heteroatoms. The zero-order valence-electron chi connectivity index (χ0n) is 25.0. The first-order valence-electron chi connectivity index (χ1n) is 15.6. The van der Waals surface area contributed by atoms with Gasteiger partial charge in [0.1, 0.15) is 11.4 Å². The van der Waals surface area contributed by atoms with E-state index in [4.69, 9.17) is 10.2 Å². The molecule has 0 spiro atoms. The van der Waals surface area contributed by atoms with Crippen molar-refractivity contribution in [3.05, 3.63) is 140 Å². The summed E-state index contributed by atoms with van der Waals surface area (Å²) in [5.74, 6) is 0. The highest BCUT2D eigenvalue weighted by atomic mass is 32.1. The maximum absolute atomic E-state index is 4.77. The molecule has 0 radical (unpaired) electrons. The van der Waals surface area contributed by atoms with Crippen molar-refractivity contribution < 1.29 is 0 Å². The van der Waals surface area contributed by atoms with Gasteiger partial charge >= 0.3 is 0 Å². The second-order valence-corrected chi connectivity index (χ2v) is 12.9. The minimum atomic E-state index is 0.763. The highest BCUT2D eigenvalue weighted by molar-refractivity contribution is 7.26. The van der Waals surface area contributed by atoms with E-state index in [1.54, 1.807) is 0 Å². The number of thiophene rings is 1. The Morgan fingerprint density at radius 3 is 2.13 bits per heavy atom. The Hall–Kier alpha value is -6.11. The Bertz CT molecular complexity index is 2810. The maximum atomic E-state index is 4.77. The smallest absolute Gasteiger partial charge is 0.121 e. The van der Waals surface area contributed by atoms with Crippen molar-refractivity contribution in [1.82, 2.24) is 25.4 Å². The van der Waals surface area contributed by atoms with Crippen LogP contribution in [0.2, 0.25) is 0 Å². The van der Waals surface area contributed by atoms with Gasteiger partial charge < -0.3 is 9.97 Å². The third kappa shape index (κ3) is 3.98. The number of para-hydroxylation sites is 2. The molecule has 6 aromatic carbocycles. The molecule has 5 nitrogen and oxygen atoms in total. The molecule has 0 aliphatic carbocycles. The first-order valence-corrected chi connectivity index (χ1v) is 16.4. The first-order chi connectivity index (χ1) is 23.3. The molecule has 0 aliphatic rings. The van der Waals surface area contributed by atoms with Crippen molar-refractivity contribution in [2.45, 2.75) is 0 Å². The summed E-state index contributed by atoms with van der Waals surface area (Å²) in [5.41, 5.74) is 11.0. The van der Waals surface area contributed by atoms with Crippen molar-refractivity contribution in [3.63, 3.8) is 0 Å². The largest absolute Gasteiger partial charge is 0.354 e. The lowest BCUT2D eigenvalue weighted by atomic mass is 9.89. The molecule has 0 aliphatic heterocycles. The van der Waals surface area contributed by atoms with Gasteiger partial charge in [0.15, 0.2) is 0 Å². The summed E-state index contributed by atoms with van der Waals surface area (Å²) in [5, 5.41) is 19.9. The summed E-state index contributed by atoms with van der Waals surface area (Å²) < 4.78 is 2.54. The summed E-state index contributed by atoms with van der Waals surface area (Å²) in [6, 6.07) is 49.1.